The van der Waals surface area contributed by atoms with Crippen LogP contribution in [0.4, 0.5) is 0 Å². The van der Waals surface area contributed by atoms with Gasteiger partial charge >= 0.3 is 5.97 Å². The molecule has 0 unspecified atom stereocenters. The van der Waals surface area contributed by atoms with E-state index in [0.717, 1.165) is 5.56 Å². The molecule has 6 nitrogen and oxygen atoms in total. The third-order valence-corrected chi connectivity index (χ3v) is 6.33. The average Bonchev–Trinajstić information content (AvgIpc) is 2.78. The van der Waals surface area contributed by atoms with Gasteiger partial charge in [-0.1, -0.05) is 43.0 Å². The van der Waals surface area contributed by atoms with E-state index in [1.807, 2.05) is 6.92 Å². The molecule has 3 rings (SSSR count). The van der Waals surface area contributed by atoms with E-state index in [9.17, 15) is 13.2 Å². The number of sulfonamides is 1. The molecule has 1 heterocycles. The van der Waals surface area contributed by atoms with Crippen molar-refractivity contribution in [2.45, 2.75) is 17.9 Å². The summed E-state index contributed by atoms with van der Waals surface area (Å²) in [6.45, 7) is 9.19. The van der Waals surface area contributed by atoms with Gasteiger partial charge in [0.15, 0.2) is 0 Å². The predicted octanol–water partition coefficient (Wildman–Crippen LogP) is 3.36. The molecule has 0 N–H and O–H groups in total. The van der Waals surface area contributed by atoms with Crippen molar-refractivity contribution in [2.24, 2.45) is 0 Å². The maximum Gasteiger partial charge on any atom is 0.340 e. The number of methoxy groups -OCH3 is 1. The van der Waals surface area contributed by atoms with Gasteiger partial charge in [0.1, 0.15) is 11.5 Å². The highest BCUT2D eigenvalue weighted by atomic mass is 32.2. The van der Waals surface area contributed by atoms with Crippen molar-refractivity contribution in [1.29, 1.82) is 0 Å². The van der Waals surface area contributed by atoms with E-state index in [4.69, 9.17) is 9.47 Å². The third kappa shape index (κ3) is 3.72. The van der Waals surface area contributed by atoms with Crippen LogP contribution in [-0.2, 0) is 19.6 Å². The van der Waals surface area contributed by atoms with Gasteiger partial charge < -0.3 is 9.47 Å². The largest absolute Gasteiger partial charge is 0.497 e. The Hall–Kier alpha value is -2.90. The van der Waals surface area contributed by atoms with Crippen molar-refractivity contribution in [3.8, 4) is 5.75 Å². The first kappa shape index (κ1) is 19.9. The van der Waals surface area contributed by atoms with Crippen LogP contribution in [0.5, 0.6) is 5.75 Å². The van der Waals surface area contributed by atoms with Gasteiger partial charge in [0.2, 0.25) is 10.0 Å². The Kier molecular flexibility index (Phi) is 5.40. The van der Waals surface area contributed by atoms with Crippen LogP contribution in [0.1, 0.15) is 17.2 Å². The highest BCUT2D eigenvalue weighted by Gasteiger charge is 2.40. The lowest BCUT2D eigenvalue weighted by Crippen LogP contribution is -2.36. The molecule has 0 amide bonds. The molecule has 1 saturated heterocycles. The van der Waals surface area contributed by atoms with Crippen molar-refractivity contribution < 1.29 is 22.7 Å². The number of aryl methyl sites for hydroxylation is 1. The van der Waals surface area contributed by atoms with Crippen LogP contribution in [0.15, 0.2) is 77.9 Å². The average molecular weight is 399 g/mol. The summed E-state index contributed by atoms with van der Waals surface area (Å²) >= 11 is 0. The molecular formula is C21H21NO5S. The highest BCUT2D eigenvalue weighted by Crippen LogP contribution is 2.37. The second-order valence-electron chi connectivity index (χ2n) is 6.49. The van der Waals surface area contributed by atoms with Gasteiger partial charge in [-0.05, 0) is 36.8 Å². The van der Waals surface area contributed by atoms with Gasteiger partial charge in [0, 0.05) is 0 Å². The maximum atomic E-state index is 13.4. The van der Waals surface area contributed by atoms with Crippen molar-refractivity contribution in [1.82, 2.24) is 4.31 Å². The van der Waals surface area contributed by atoms with Crippen LogP contribution >= 0.6 is 0 Å². The fourth-order valence-corrected chi connectivity index (χ4v) is 4.59. The Labute approximate surface area is 164 Å². The van der Waals surface area contributed by atoms with E-state index in [1.165, 1.54) is 23.5 Å². The molecule has 1 aliphatic rings. The number of hydrogen-bond donors (Lipinski definition) is 0. The van der Waals surface area contributed by atoms with Gasteiger partial charge in [-0.15, -0.1) is 0 Å². The minimum atomic E-state index is -3.96. The molecule has 2 aromatic rings. The standard InChI is InChI=1S/C21H21NO5S/c1-14-5-11-19(12-6-14)28(24,25)22-13-15(2)27-21(23)16(3)20(22)17-7-9-18(26-4)10-8-17/h5-12,20H,2-3,13H2,1,4H3/t20-/m1/s1. The zero-order chi connectivity index (χ0) is 20.5. The normalized spacial score (nSPS) is 18.5. The second kappa shape index (κ2) is 7.61. The number of hydrogen-bond acceptors (Lipinski definition) is 5. The lowest BCUT2D eigenvalue weighted by atomic mass is 10.00. The lowest BCUT2D eigenvalue weighted by molar-refractivity contribution is -0.134. The summed E-state index contributed by atoms with van der Waals surface area (Å²) < 4.78 is 38.3. The molecule has 0 aliphatic carbocycles. The number of rotatable bonds is 4. The van der Waals surface area contributed by atoms with E-state index in [0.29, 0.717) is 11.3 Å². The van der Waals surface area contributed by atoms with Gasteiger partial charge in [-0.3, -0.25) is 0 Å². The first-order valence-corrected chi connectivity index (χ1v) is 9.99. The molecule has 7 heteroatoms. The second-order valence-corrected chi connectivity index (χ2v) is 8.38. The van der Waals surface area contributed by atoms with Crippen LogP contribution in [0, 0.1) is 6.92 Å². The molecule has 2 aromatic carbocycles. The Morgan fingerprint density at radius 2 is 1.68 bits per heavy atom. The topological polar surface area (TPSA) is 72.9 Å². The van der Waals surface area contributed by atoms with E-state index in [2.05, 4.69) is 13.2 Å². The molecule has 1 fully saturated rings. The summed E-state index contributed by atoms with van der Waals surface area (Å²) in [5, 5.41) is 0. The summed E-state index contributed by atoms with van der Waals surface area (Å²) in [4.78, 5) is 12.5. The van der Waals surface area contributed by atoms with Gasteiger partial charge in [0.05, 0.1) is 30.2 Å². The summed E-state index contributed by atoms with van der Waals surface area (Å²) in [6.07, 6.45) is 0. The van der Waals surface area contributed by atoms with Gasteiger partial charge in [0.25, 0.3) is 0 Å². The minimum Gasteiger partial charge on any atom is -0.497 e. The molecular weight excluding hydrogens is 378 g/mol. The number of carbonyl (C=O) groups excluding carboxylic acids is 1. The fraction of sp³-hybridized carbons (Fsp3) is 0.190. The zero-order valence-corrected chi connectivity index (χ0v) is 16.5. The predicted molar refractivity (Wildman–Crippen MR) is 105 cm³/mol. The molecule has 1 aliphatic heterocycles. The highest BCUT2D eigenvalue weighted by molar-refractivity contribution is 7.89. The number of cyclic esters (lactones) is 1. The van der Waals surface area contributed by atoms with E-state index in [1.54, 1.807) is 36.4 Å². The molecule has 0 radical (unpaired) electrons. The molecule has 0 bridgehead atoms. The van der Waals surface area contributed by atoms with Crippen molar-refractivity contribution in [3.63, 3.8) is 0 Å². The monoisotopic (exact) mass is 399 g/mol. The van der Waals surface area contributed by atoms with E-state index in [-0.39, 0.29) is 22.8 Å². The maximum absolute atomic E-state index is 13.4. The first-order chi connectivity index (χ1) is 13.2. The Morgan fingerprint density at radius 1 is 1.07 bits per heavy atom. The molecule has 28 heavy (non-hydrogen) atoms. The molecule has 0 saturated carbocycles. The Morgan fingerprint density at radius 3 is 2.25 bits per heavy atom. The number of nitrogens with zero attached hydrogens (tertiary/aromatic N) is 1. The Balaban J connectivity index is 2.14. The van der Waals surface area contributed by atoms with Crippen LogP contribution in [-0.4, -0.2) is 32.3 Å². The van der Waals surface area contributed by atoms with Crippen molar-refractivity contribution >= 4 is 16.0 Å². The first-order valence-electron chi connectivity index (χ1n) is 8.55. The van der Waals surface area contributed by atoms with Crippen LogP contribution in [0.2, 0.25) is 0 Å². The van der Waals surface area contributed by atoms with Crippen molar-refractivity contribution in [3.05, 3.63) is 84.1 Å². The summed E-state index contributed by atoms with van der Waals surface area (Å²) in [6, 6.07) is 12.4. The van der Waals surface area contributed by atoms with Crippen LogP contribution < -0.4 is 4.74 Å². The number of benzene rings is 2. The minimum absolute atomic E-state index is 0.0134. The number of esters is 1. The summed E-state index contributed by atoms with van der Waals surface area (Å²) in [5.74, 6) is -0.0480. The van der Waals surface area contributed by atoms with Gasteiger partial charge in [-0.25, -0.2) is 13.2 Å². The molecule has 1 atom stereocenters. The lowest BCUT2D eigenvalue weighted by Gasteiger charge is -2.29. The quantitative estimate of drug-likeness (QED) is 0.582. The summed E-state index contributed by atoms with van der Waals surface area (Å²) in [5.41, 5.74) is 1.53. The fourth-order valence-electron chi connectivity index (χ4n) is 3.00. The smallest absolute Gasteiger partial charge is 0.340 e. The van der Waals surface area contributed by atoms with E-state index >= 15 is 0 Å². The number of carbonyl (C=O) groups is 1. The summed E-state index contributed by atoms with van der Waals surface area (Å²) in [7, 11) is -2.42. The van der Waals surface area contributed by atoms with Crippen molar-refractivity contribution in [2.75, 3.05) is 13.7 Å². The molecule has 0 aromatic heterocycles. The van der Waals surface area contributed by atoms with E-state index < -0.39 is 22.0 Å². The molecule has 0 spiro atoms. The van der Waals surface area contributed by atoms with Gasteiger partial charge in [-0.2, -0.15) is 4.31 Å². The third-order valence-electron chi connectivity index (χ3n) is 4.51. The SMILES string of the molecule is C=C1CN(S(=O)(=O)c2ccc(C)cc2)[C@@H](c2ccc(OC)cc2)C(=C)C(=O)O1. The van der Waals surface area contributed by atoms with Crippen LogP contribution in [0.25, 0.3) is 0 Å². The zero-order valence-electron chi connectivity index (χ0n) is 15.7. The van der Waals surface area contributed by atoms with Crippen LogP contribution in [0.3, 0.4) is 0 Å². The molecule has 146 valence electrons. The Bertz CT molecular complexity index is 1020. The number of ether oxygens (including phenoxy) is 2.